The minimum Gasteiger partial charge on any atom is -0.440 e. The second kappa shape index (κ2) is 21.8. The highest BCUT2D eigenvalue weighted by Crippen LogP contribution is 2.58. The van der Waals surface area contributed by atoms with E-state index in [4.69, 9.17) is 61.5 Å². The summed E-state index contributed by atoms with van der Waals surface area (Å²) in [6, 6.07) is 0. The van der Waals surface area contributed by atoms with Gasteiger partial charge in [-0.2, -0.15) is 18.6 Å². The monoisotopic (exact) mass is 1060 g/mol. The number of alkyl carbamates (subject to hydrolysis) is 2. The van der Waals surface area contributed by atoms with Crippen molar-refractivity contribution in [2.75, 3.05) is 50.9 Å². The van der Waals surface area contributed by atoms with E-state index in [1.165, 1.54) is 0 Å². The van der Waals surface area contributed by atoms with Gasteiger partial charge in [0.1, 0.15) is 24.4 Å². The minimum atomic E-state index is -5.40. The van der Waals surface area contributed by atoms with E-state index < -0.39 is 117 Å². The van der Waals surface area contributed by atoms with Crippen LogP contribution in [0, 0.1) is 0 Å². The van der Waals surface area contributed by atoms with Crippen molar-refractivity contribution >= 4 is 77.7 Å². The summed E-state index contributed by atoms with van der Waals surface area (Å²) in [6.45, 7) is -1.65. The molecule has 4 aromatic heterocycles. The number of anilines is 2. The number of nitrogens with two attached hydrogens (primary N) is 4. The molecule has 38 nitrogen and oxygen atoms in total. The smallest absolute Gasteiger partial charge is 0.440 e. The number of nitrogen functional groups attached to an aromatic ring is 2. The Morgan fingerprint density at radius 1 is 0.676 bits per heavy atom. The van der Waals surface area contributed by atoms with Gasteiger partial charge in [0.05, 0.1) is 25.9 Å². The summed E-state index contributed by atoms with van der Waals surface area (Å²) in [5, 5.41) is 26.0. The first-order valence-electron chi connectivity index (χ1n) is 18.5. The number of hydrogen-bond donors (Lipinski definition) is 16. The molecule has 2 aliphatic rings. The van der Waals surface area contributed by atoms with E-state index >= 15 is 0 Å². The van der Waals surface area contributed by atoms with E-state index in [2.05, 4.69) is 58.2 Å². The fourth-order valence-corrected chi connectivity index (χ4v) is 9.22. The first-order valence-corrected chi connectivity index (χ1v) is 24.6. The number of aromatic nitrogens is 8. The average Bonchev–Trinajstić information content (AvgIpc) is 3.97. The highest BCUT2D eigenvalue weighted by Gasteiger charge is 2.51. The molecule has 380 valence electrons. The van der Waals surface area contributed by atoms with Gasteiger partial charge in [0.2, 0.25) is 11.9 Å². The number of carbonyl (C=O) groups is 2. The Morgan fingerprint density at radius 3 is 1.53 bits per heavy atom. The van der Waals surface area contributed by atoms with E-state index in [0.29, 0.717) is 0 Å². The number of phosphoric ester groups is 2. The van der Waals surface area contributed by atoms with Crippen LogP contribution >= 0.6 is 31.3 Å². The number of nitrogens with zero attached hydrogens (tertiary/aromatic N) is 6. The van der Waals surface area contributed by atoms with Crippen LogP contribution in [-0.2, 0) is 54.9 Å². The maximum absolute atomic E-state index is 12.1. The van der Waals surface area contributed by atoms with Crippen molar-refractivity contribution in [3.63, 3.8) is 0 Å². The molecule has 0 aliphatic carbocycles. The topological polar surface area (TPSA) is 593 Å². The molecule has 20 N–H and O–H groups in total. The summed E-state index contributed by atoms with van der Waals surface area (Å²) >= 11 is 0. The Morgan fingerprint density at radius 2 is 1.09 bits per heavy atom. The fourth-order valence-electron chi connectivity index (χ4n) is 6.02. The van der Waals surface area contributed by atoms with Crippen LogP contribution in [0.1, 0.15) is 12.5 Å². The molecular weight excluding hydrogens is 1020 g/mol. The normalized spacial score (nSPS) is 24.7. The van der Waals surface area contributed by atoms with Gasteiger partial charge in [-0.15, -0.1) is 0 Å². The zero-order chi connectivity index (χ0) is 50.5. The van der Waals surface area contributed by atoms with Crippen LogP contribution in [0.4, 0.5) is 21.5 Å². The summed E-state index contributed by atoms with van der Waals surface area (Å²) in [6.07, 6.45) is -12.1. The zero-order valence-corrected chi connectivity index (χ0v) is 37.5. The van der Waals surface area contributed by atoms with Gasteiger partial charge in [-0.3, -0.25) is 37.7 Å². The van der Waals surface area contributed by atoms with Crippen LogP contribution in [0.15, 0.2) is 22.2 Å². The third kappa shape index (κ3) is 14.1. The Labute approximate surface area is 375 Å². The molecule has 68 heavy (non-hydrogen) atoms. The van der Waals surface area contributed by atoms with Crippen LogP contribution in [0.5, 0.6) is 0 Å². The first-order chi connectivity index (χ1) is 31.6. The highest BCUT2D eigenvalue weighted by molar-refractivity contribution is 7.61. The van der Waals surface area contributed by atoms with E-state index in [1.54, 1.807) is 0 Å². The molecule has 0 spiro atoms. The molecule has 6 rings (SSSR count). The van der Waals surface area contributed by atoms with E-state index in [-0.39, 0.29) is 60.4 Å². The Bertz CT molecular complexity index is 2760. The molecule has 2 amide bonds. The van der Waals surface area contributed by atoms with E-state index in [0.717, 1.165) is 21.8 Å². The molecule has 2 saturated heterocycles. The van der Waals surface area contributed by atoms with Gasteiger partial charge in [-0.1, -0.05) is 0 Å². The lowest BCUT2D eigenvalue weighted by Gasteiger charge is -2.22. The molecule has 0 saturated carbocycles. The summed E-state index contributed by atoms with van der Waals surface area (Å²) < 4.78 is 85.3. The molecule has 6 heterocycles. The van der Waals surface area contributed by atoms with Crippen molar-refractivity contribution in [2.24, 2.45) is 11.5 Å². The molecule has 4 aromatic rings. The van der Waals surface area contributed by atoms with Crippen molar-refractivity contribution in [3.8, 4) is 0 Å². The lowest BCUT2D eigenvalue weighted by Crippen LogP contribution is -2.42. The van der Waals surface area contributed by atoms with Crippen molar-refractivity contribution < 1.29 is 104 Å². The third-order valence-electron chi connectivity index (χ3n) is 8.61. The number of carbonyl (C=O) groups excluding carboxylic acids is 2. The third-order valence-corrected chi connectivity index (χ3v) is 12.9. The number of rotatable bonds is 18. The van der Waals surface area contributed by atoms with Crippen molar-refractivity contribution in [3.05, 3.63) is 33.4 Å². The zero-order valence-electron chi connectivity index (χ0n) is 33.9. The van der Waals surface area contributed by atoms with Crippen LogP contribution in [0.25, 0.3) is 22.3 Å². The summed E-state index contributed by atoms with van der Waals surface area (Å²) in [5.74, 6) is -0.539. The van der Waals surface area contributed by atoms with Crippen LogP contribution in [-0.4, -0.2) is 167 Å². The van der Waals surface area contributed by atoms with Gasteiger partial charge < -0.3 is 92.1 Å². The standard InChI is InChI=1S/2C13H21N7O12P2/c14-1-2-16-13(23)31-8-5(3-29-34(27,28)32-33(24,25)26)30-11(7(8)21)20-4-17-6-9(20)18-12(15)19-10(6)22;14-1-2-16-13(23)31-8-7(21)5(3-29-34(27,28)32-33(24,25)26)30-11(8)20-4-17-6-9(20)18-12(15)19-10(6)22/h2*4-5,7-8,11,21H,1-3,14H2,(H,16,23)(H,27,28)(H2,24,25,26)(H3,15,18,19,22)/t2*5-,7-,8-,11-/m11/s1. The molecule has 42 heteroatoms. The van der Waals surface area contributed by atoms with Gasteiger partial charge in [0.15, 0.2) is 47.0 Å². The molecule has 2 unspecified atom stereocenters. The number of H-pyrrole nitrogens is 2. The Kier molecular flexibility index (Phi) is 17.4. The SMILES string of the molecule is NCCNC(=O)O[C@@H]1[C@H](O)[C@@H](COP(=O)(O)OP(=O)(O)O)O[C@H]1n1cnc2c(=O)[nH]c(N)nc21.NCCNC(=O)O[C@H]1[C@@H](O)[C@H](n2cnc3c(=O)[nH]c(N)nc32)O[C@@H]1COP(=O)(O)OP(=O)(O)O. The molecule has 0 bridgehead atoms. The van der Waals surface area contributed by atoms with Crippen LogP contribution in [0.3, 0.4) is 0 Å². The molecule has 2 aliphatic heterocycles. The fraction of sp³-hybridized carbons (Fsp3) is 0.538. The van der Waals surface area contributed by atoms with E-state index in [9.17, 15) is 57.4 Å². The number of aromatic amines is 2. The second-order valence-electron chi connectivity index (χ2n) is 13.5. The number of amides is 2. The number of aliphatic hydroxyl groups is 2. The van der Waals surface area contributed by atoms with Gasteiger partial charge >= 0.3 is 43.5 Å². The van der Waals surface area contributed by atoms with Gasteiger partial charge in [0.25, 0.3) is 11.1 Å². The lowest BCUT2D eigenvalue weighted by atomic mass is 10.1. The number of fused-ring (bicyclic) bond motifs is 2. The summed E-state index contributed by atoms with van der Waals surface area (Å²) in [7, 11) is -21.3. The predicted octanol–water partition coefficient (Wildman–Crippen LogP) is -5.52. The summed E-state index contributed by atoms with van der Waals surface area (Å²) in [4.78, 5) is 122. The number of ether oxygens (including phenoxy) is 4. The maximum atomic E-state index is 12.1. The number of imidazole rings is 2. The molecule has 10 atom stereocenters. The Balaban J connectivity index is 0.000000254. The molecule has 0 aromatic carbocycles. The van der Waals surface area contributed by atoms with Crippen molar-refractivity contribution in [1.82, 2.24) is 49.7 Å². The number of aliphatic hydroxyl groups excluding tert-OH is 2. The second-order valence-corrected chi connectivity index (χ2v) is 19.2. The van der Waals surface area contributed by atoms with Gasteiger partial charge in [-0.05, 0) is 0 Å². The summed E-state index contributed by atoms with van der Waals surface area (Å²) in [5.41, 5.74) is 19.8. The Hall–Kier alpha value is -4.88. The van der Waals surface area contributed by atoms with Gasteiger partial charge in [-0.25, -0.2) is 37.8 Å². The molecule has 2 fully saturated rings. The molecular formula is C26H42N14O24P4. The quantitative estimate of drug-likeness (QED) is 0.0413. The first kappa shape index (κ1) is 54.1. The number of phosphoric acid groups is 4. The predicted molar refractivity (Wildman–Crippen MR) is 217 cm³/mol. The van der Waals surface area contributed by atoms with Crippen LogP contribution in [0.2, 0.25) is 0 Å². The lowest BCUT2D eigenvalue weighted by molar-refractivity contribution is -0.0522. The van der Waals surface area contributed by atoms with Crippen molar-refractivity contribution in [1.29, 1.82) is 0 Å². The van der Waals surface area contributed by atoms with E-state index in [1.807, 2.05) is 0 Å². The minimum absolute atomic E-state index is 0.0210. The highest BCUT2D eigenvalue weighted by atomic mass is 31.3. The van der Waals surface area contributed by atoms with Crippen molar-refractivity contribution in [2.45, 2.75) is 49.1 Å². The average molecular weight is 1060 g/mol. The maximum Gasteiger partial charge on any atom is 0.481 e. The van der Waals surface area contributed by atoms with Crippen LogP contribution < -0.4 is 44.7 Å². The number of nitrogens with one attached hydrogen (secondary N) is 4. The van der Waals surface area contributed by atoms with Gasteiger partial charge in [0, 0.05) is 26.2 Å². The largest absolute Gasteiger partial charge is 0.481 e. The number of hydrogen-bond acceptors (Lipinski definition) is 26. The molecule has 0 radical (unpaired) electrons.